The molecule has 0 radical (unpaired) electrons. The molecule has 0 fully saturated rings. The zero-order valence-electron chi connectivity index (χ0n) is 12.9. The fourth-order valence-corrected chi connectivity index (χ4v) is 1.74. The van der Waals surface area contributed by atoms with Crippen LogP contribution in [0.15, 0.2) is 23.4 Å². The van der Waals surface area contributed by atoms with Gasteiger partial charge in [-0.05, 0) is 44.9 Å². The van der Waals surface area contributed by atoms with E-state index in [4.69, 9.17) is 15.4 Å². The number of hydrogen-bond acceptors (Lipinski definition) is 6. The molecule has 1 aromatic rings. The van der Waals surface area contributed by atoms with E-state index in [1.807, 2.05) is 39.0 Å². The van der Waals surface area contributed by atoms with E-state index in [0.29, 0.717) is 18.6 Å². The molecule has 6 heteroatoms. The minimum absolute atomic E-state index is 0.219. The highest BCUT2D eigenvalue weighted by molar-refractivity contribution is 5.83. The van der Waals surface area contributed by atoms with Crippen LogP contribution in [0.3, 0.4) is 0 Å². The van der Waals surface area contributed by atoms with Crippen molar-refractivity contribution in [3.8, 4) is 5.75 Å². The first kappa shape index (κ1) is 17.0. The van der Waals surface area contributed by atoms with Crippen molar-refractivity contribution in [1.29, 1.82) is 0 Å². The van der Waals surface area contributed by atoms with Crippen molar-refractivity contribution >= 4 is 12.2 Å². The van der Waals surface area contributed by atoms with Crippen LogP contribution < -0.4 is 10.6 Å². The number of nitrogens with two attached hydrogens (primary N) is 1. The quantitative estimate of drug-likeness (QED) is 0.494. The Morgan fingerprint density at radius 3 is 2.67 bits per heavy atom. The Labute approximate surface area is 124 Å². The van der Waals surface area contributed by atoms with Crippen molar-refractivity contribution < 1.29 is 19.2 Å². The second-order valence-corrected chi connectivity index (χ2v) is 5.50. The molecule has 0 aliphatic rings. The summed E-state index contributed by atoms with van der Waals surface area (Å²) in [4.78, 5) is 15.8. The van der Waals surface area contributed by atoms with E-state index in [1.54, 1.807) is 7.11 Å². The Bertz CT molecular complexity index is 507. The van der Waals surface area contributed by atoms with E-state index in [0.717, 1.165) is 11.1 Å². The average Bonchev–Trinajstić information content (AvgIpc) is 2.41. The van der Waals surface area contributed by atoms with E-state index < -0.39 is 5.60 Å². The van der Waals surface area contributed by atoms with Crippen molar-refractivity contribution in [2.45, 2.75) is 39.2 Å². The SMILES string of the molecule is COc1cc(CCC(=O)OC(C)(C)C)ccc1/C=N/ON. The molecule has 0 heterocycles. The highest BCUT2D eigenvalue weighted by Gasteiger charge is 2.16. The van der Waals surface area contributed by atoms with Crippen LogP contribution in [0.4, 0.5) is 0 Å². The Morgan fingerprint density at radius 1 is 1.38 bits per heavy atom. The summed E-state index contributed by atoms with van der Waals surface area (Å²) < 4.78 is 10.5. The minimum atomic E-state index is -0.461. The summed E-state index contributed by atoms with van der Waals surface area (Å²) in [7, 11) is 1.56. The largest absolute Gasteiger partial charge is 0.496 e. The van der Waals surface area contributed by atoms with Crippen LogP contribution in [0, 0.1) is 0 Å². The Hall–Kier alpha value is -2.08. The number of methoxy groups -OCH3 is 1. The molecule has 0 spiro atoms. The number of ether oxygens (including phenoxy) is 2. The maximum Gasteiger partial charge on any atom is 0.306 e. The highest BCUT2D eigenvalue weighted by atomic mass is 16.7. The van der Waals surface area contributed by atoms with Gasteiger partial charge in [-0.15, -0.1) is 5.90 Å². The predicted octanol–water partition coefficient (Wildman–Crippen LogP) is 2.19. The molecular formula is C15H22N2O4. The lowest BCUT2D eigenvalue weighted by Crippen LogP contribution is -2.24. The van der Waals surface area contributed by atoms with Crippen molar-refractivity contribution in [3.05, 3.63) is 29.3 Å². The molecular weight excluding hydrogens is 272 g/mol. The summed E-state index contributed by atoms with van der Waals surface area (Å²) >= 11 is 0. The zero-order valence-corrected chi connectivity index (χ0v) is 12.9. The van der Waals surface area contributed by atoms with Gasteiger partial charge in [-0.3, -0.25) is 4.79 Å². The maximum atomic E-state index is 11.7. The third-order valence-electron chi connectivity index (χ3n) is 2.59. The summed E-state index contributed by atoms with van der Waals surface area (Å²) in [5.41, 5.74) is 1.25. The van der Waals surface area contributed by atoms with E-state index in [9.17, 15) is 4.79 Å². The number of carbonyl (C=O) groups is 1. The fraction of sp³-hybridized carbons (Fsp3) is 0.467. The molecule has 0 bridgehead atoms. The summed E-state index contributed by atoms with van der Waals surface area (Å²) in [6.07, 6.45) is 2.35. The highest BCUT2D eigenvalue weighted by Crippen LogP contribution is 2.20. The van der Waals surface area contributed by atoms with Gasteiger partial charge in [-0.2, -0.15) is 0 Å². The number of aryl methyl sites for hydroxylation is 1. The van der Waals surface area contributed by atoms with Gasteiger partial charge < -0.3 is 14.4 Å². The smallest absolute Gasteiger partial charge is 0.306 e. The third-order valence-corrected chi connectivity index (χ3v) is 2.59. The van der Waals surface area contributed by atoms with Crippen molar-refractivity contribution in [2.24, 2.45) is 11.1 Å². The van der Waals surface area contributed by atoms with Gasteiger partial charge in [0.05, 0.1) is 13.3 Å². The number of hydrogen-bond donors (Lipinski definition) is 1. The van der Waals surface area contributed by atoms with Crippen molar-refractivity contribution in [2.75, 3.05) is 7.11 Å². The third kappa shape index (κ3) is 6.27. The van der Waals surface area contributed by atoms with E-state index in [1.165, 1.54) is 6.21 Å². The van der Waals surface area contributed by atoms with Gasteiger partial charge in [-0.25, -0.2) is 0 Å². The van der Waals surface area contributed by atoms with Crippen LogP contribution in [-0.2, 0) is 20.9 Å². The topological polar surface area (TPSA) is 83.1 Å². The van der Waals surface area contributed by atoms with Crippen LogP contribution in [0.25, 0.3) is 0 Å². The van der Waals surface area contributed by atoms with Crippen molar-refractivity contribution in [3.63, 3.8) is 0 Å². The first-order chi connectivity index (χ1) is 9.85. The van der Waals surface area contributed by atoms with Gasteiger partial charge in [0.2, 0.25) is 0 Å². The molecule has 2 N–H and O–H groups in total. The monoisotopic (exact) mass is 294 g/mol. The molecule has 6 nitrogen and oxygen atoms in total. The van der Waals surface area contributed by atoms with Gasteiger partial charge in [-0.1, -0.05) is 11.2 Å². The summed E-state index contributed by atoms with van der Waals surface area (Å²) in [6.45, 7) is 5.55. The molecule has 0 atom stereocenters. The number of nitrogens with zero attached hydrogens (tertiary/aromatic N) is 1. The second kappa shape index (κ2) is 7.64. The van der Waals surface area contributed by atoms with Gasteiger partial charge in [0.1, 0.15) is 11.4 Å². The zero-order chi connectivity index (χ0) is 15.9. The van der Waals surface area contributed by atoms with Crippen LogP contribution >= 0.6 is 0 Å². The predicted molar refractivity (Wildman–Crippen MR) is 80.0 cm³/mol. The molecule has 1 aromatic carbocycles. The first-order valence-corrected chi connectivity index (χ1v) is 6.64. The summed E-state index contributed by atoms with van der Waals surface area (Å²) in [6, 6.07) is 5.57. The van der Waals surface area contributed by atoms with Crippen LogP contribution in [0.2, 0.25) is 0 Å². The Morgan fingerprint density at radius 2 is 2.10 bits per heavy atom. The minimum Gasteiger partial charge on any atom is -0.496 e. The van der Waals surface area contributed by atoms with E-state index in [2.05, 4.69) is 10.1 Å². The Balaban J connectivity index is 2.68. The molecule has 0 saturated heterocycles. The van der Waals surface area contributed by atoms with Gasteiger partial charge in [0.25, 0.3) is 0 Å². The van der Waals surface area contributed by atoms with E-state index in [-0.39, 0.29) is 5.97 Å². The lowest BCUT2D eigenvalue weighted by Gasteiger charge is -2.19. The number of esters is 1. The summed E-state index contributed by atoms with van der Waals surface area (Å²) in [5.74, 6) is 5.26. The van der Waals surface area contributed by atoms with Crippen molar-refractivity contribution in [1.82, 2.24) is 0 Å². The molecule has 1 rings (SSSR count). The van der Waals surface area contributed by atoms with Crippen LogP contribution in [-0.4, -0.2) is 24.9 Å². The molecule has 0 aliphatic carbocycles. The molecule has 21 heavy (non-hydrogen) atoms. The number of carbonyl (C=O) groups excluding carboxylic acids is 1. The summed E-state index contributed by atoms with van der Waals surface area (Å²) in [5, 5.41) is 3.49. The molecule has 116 valence electrons. The fourth-order valence-electron chi connectivity index (χ4n) is 1.74. The molecule has 0 aromatic heterocycles. The van der Waals surface area contributed by atoms with Gasteiger partial charge in [0.15, 0.2) is 0 Å². The average molecular weight is 294 g/mol. The van der Waals surface area contributed by atoms with Gasteiger partial charge in [0, 0.05) is 12.0 Å². The lowest BCUT2D eigenvalue weighted by atomic mass is 10.1. The number of oxime groups is 1. The van der Waals surface area contributed by atoms with Crippen LogP contribution in [0.1, 0.15) is 38.3 Å². The first-order valence-electron chi connectivity index (χ1n) is 6.64. The van der Waals surface area contributed by atoms with Gasteiger partial charge >= 0.3 is 5.97 Å². The molecule has 0 amide bonds. The number of benzene rings is 1. The van der Waals surface area contributed by atoms with Crippen LogP contribution in [0.5, 0.6) is 5.75 Å². The lowest BCUT2D eigenvalue weighted by molar-refractivity contribution is -0.154. The second-order valence-electron chi connectivity index (χ2n) is 5.50. The normalized spacial score (nSPS) is 11.5. The molecule has 0 unspecified atom stereocenters. The molecule has 0 saturated carbocycles. The molecule has 0 aliphatic heterocycles. The standard InChI is InChI=1S/C15H22N2O4/c1-15(2,3)20-14(18)8-6-11-5-7-12(10-17-21-16)13(9-11)19-4/h5,7,9-10H,6,8,16H2,1-4H3/b17-10+. The maximum absolute atomic E-state index is 11.7. The number of rotatable bonds is 6. The van der Waals surface area contributed by atoms with E-state index >= 15 is 0 Å². The Kier molecular flexibility index (Phi) is 6.17.